The maximum atomic E-state index is 13.4. The van der Waals surface area contributed by atoms with E-state index in [4.69, 9.17) is 29.1 Å². The standard InChI is InChI=1S/C31H38N2O3.C6H6O5.CH2O3/c1-22-9-6-15-27(17-22)30-32-29(23(2)36-30)21-35-20-25-12-7-16-28(18-25)33(31(34)26-13-8-14-26)19-24-10-4-3-5-11-24;7-5-9-3-1-2-4(3)10-6(8)11-5;2-1(3)4/h3-6,9-11,15,17,25-26,28H,7-8,12-14,16,18-21H2,1-2H3;3-4H,1-2H2;(H2,2,3,4)/t;3-,4+;. The number of aromatic nitrogens is 1. The van der Waals surface area contributed by atoms with Crippen LogP contribution < -0.4 is 0 Å². The van der Waals surface area contributed by atoms with Crippen LogP contribution in [0.15, 0.2) is 59.0 Å². The maximum absolute atomic E-state index is 13.4. The summed E-state index contributed by atoms with van der Waals surface area (Å²) < 4.78 is 25.5. The molecule has 1 saturated heterocycles. The molecule has 2 unspecified atom stereocenters. The van der Waals surface area contributed by atoms with Crippen LogP contribution in [0.3, 0.4) is 0 Å². The van der Waals surface area contributed by atoms with Gasteiger partial charge < -0.3 is 38.5 Å². The van der Waals surface area contributed by atoms with Crippen LogP contribution in [0.2, 0.25) is 0 Å². The highest BCUT2D eigenvalue weighted by Crippen LogP contribution is 2.35. The number of amides is 1. The smallest absolute Gasteiger partial charge is 0.450 e. The molecule has 4 fully saturated rings. The van der Waals surface area contributed by atoms with Gasteiger partial charge in [0.15, 0.2) is 0 Å². The zero-order chi connectivity index (χ0) is 36.3. The lowest BCUT2D eigenvalue weighted by atomic mass is 9.81. The van der Waals surface area contributed by atoms with E-state index >= 15 is 0 Å². The van der Waals surface area contributed by atoms with Gasteiger partial charge in [-0.2, -0.15) is 0 Å². The van der Waals surface area contributed by atoms with Gasteiger partial charge in [-0.3, -0.25) is 4.79 Å². The van der Waals surface area contributed by atoms with Gasteiger partial charge in [-0.1, -0.05) is 60.9 Å². The Kier molecular flexibility index (Phi) is 13.1. The summed E-state index contributed by atoms with van der Waals surface area (Å²) in [6.07, 6.45) is 4.84. The maximum Gasteiger partial charge on any atom is 0.518 e. The number of aryl methyl sites for hydroxylation is 2. The molecule has 1 aromatic heterocycles. The number of fused-ring (bicyclic) bond motifs is 1. The number of ether oxygens (including phenoxy) is 4. The number of cyclic esters (lactones) is 2. The third-order valence-corrected chi connectivity index (χ3v) is 9.69. The van der Waals surface area contributed by atoms with Crippen LogP contribution in [0.1, 0.15) is 80.4 Å². The minimum Gasteiger partial charge on any atom is -0.450 e. The SMILES string of the molecule is Cc1cccc(-c2nc(COCC3CCCC(N(Cc4ccccc4)C(=O)C4CCC4)C3)c(C)o2)c1.O=C(O)O.O=C1OC(=O)O[C@@H]2CC[C@@H]2O1. The number of nitrogens with zero attached hydrogens (tertiary/aromatic N) is 2. The number of carboxylic acid groups (broad SMARTS) is 2. The molecule has 1 aliphatic heterocycles. The van der Waals surface area contributed by atoms with Crippen molar-refractivity contribution in [3.8, 4) is 11.5 Å². The van der Waals surface area contributed by atoms with E-state index in [0.717, 1.165) is 68.4 Å². The van der Waals surface area contributed by atoms with Crippen molar-refractivity contribution in [3.63, 3.8) is 0 Å². The quantitative estimate of drug-likeness (QED) is 0.163. The van der Waals surface area contributed by atoms with Crippen LogP contribution in [0.25, 0.3) is 11.5 Å². The zero-order valence-corrected chi connectivity index (χ0v) is 29.0. The largest absolute Gasteiger partial charge is 0.518 e. The Balaban J connectivity index is 0.000000278. The molecule has 1 amide bonds. The van der Waals surface area contributed by atoms with Gasteiger partial charge in [0.05, 0.1) is 6.61 Å². The Morgan fingerprint density at radius 2 is 1.55 bits per heavy atom. The van der Waals surface area contributed by atoms with Crippen molar-refractivity contribution >= 4 is 24.4 Å². The first kappa shape index (κ1) is 37.3. The van der Waals surface area contributed by atoms with E-state index in [9.17, 15) is 14.4 Å². The van der Waals surface area contributed by atoms with Gasteiger partial charge in [-0.05, 0) is 82.4 Å². The van der Waals surface area contributed by atoms with Crippen LogP contribution >= 0.6 is 0 Å². The van der Waals surface area contributed by atoms with Crippen molar-refractivity contribution in [1.82, 2.24) is 9.88 Å². The first-order valence-corrected chi connectivity index (χ1v) is 17.5. The number of carbonyl (C=O) groups excluding carboxylic acids is 3. The van der Waals surface area contributed by atoms with Crippen LogP contribution in [0, 0.1) is 25.7 Å². The first-order chi connectivity index (χ1) is 24.5. The van der Waals surface area contributed by atoms with Gasteiger partial charge in [-0.25, -0.2) is 19.4 Å². The number of hydrogen-bond donors (Lipinski definition) is 2. The van der Waals surface area contributed by atoms with Crippen molar-refractivity contribution in [2.45, 2.75) is 103 Å². The molecular formula is C38H46N2O11. The van der Waals surface area contributed by atoms with Crippen LogP contribution in [0.4, 0.5) is 14.4 Å². The summed E-state index contributed by atoms with van der Waals surface area (Å²) in [7, 11) is 0. The molecule has 2 aromatic carbocycles. The Hall–Kier alpha value is -4.91. The number of benzene rings is 2. The van der Waals surface area contributed by atoms with Crippen molar-refractivity contribution in [2.75, 3.05) is 6.61 Å². The molecule has 0 spiro atoms. The molecular weight excluding hydrogens is 660 g/mol. The van der Waals surface area contributed by atoms with Gasteiger partial charge in [0, 0.05) is 30.7 Å². The molecule has 3 saturated carbocycles. The van der Waals surface area contributed by atoms with E-state index < -0.39 is 18.5 Å². The van der Waals surface area contributed by atoms with E-state index in [0.29, 0.717) is 43.5 Å². The minimum absolute atomic E-state index is 0.225. The molecule has 0 radical (unpaired) electrons. The van der Waals surface area contributed by atoms with Gasteiger partial charge in [0.1, 0.15) is 23.7 Å². The molecule has 2 N–H and O–H groups in total. The number of hydrogen-bond acceptors (Lipinski definition) is 10. The fourth-order valence-corrected chi connectivity index (χ4v) is 6.61. The van der Waals surface area contributed by atoms with Crippen LogP contribution in [0.5, 0.6) is 0 Å². The van der Waals surface area contributed by atoms with Crippen LogP contribution in [-0.2, 0) is 36.9 Å². The molecule has 274 valence electrons. The van der Waals surface area contributed by atoms with E-state index in [-0.39, 0.29) is 18.1 Å². The van der Waals surface area contributed by atoms with E-state index in [1.54, 1.807) is 0 Å². The summed E-state index contributed by atoms with van der Waals surface area (Å²) in [6, 6.07) is 18.9. The molecule has 3 aliphatic carbocycles. The average molecular weight is 707 g/mol. The summed E-state index contributed by atoms with van der Waals surface area (Å²) in [6.45, 7) is 5.89. The highest BCUT2D eigenvalue weighted by molar-refractivity contribution is 5.80. The predicted molar refractivity (Wildman–Crippen MR) is 183 cm³/mol. The lowest BCUT2D eigenvalue weighted by molar-refractivity contribution is -0.142. The molecule has 2 heterocycles. The normalized spacial score (nSPS) is 22.3. The van der Waals surface area contributed by atoms with Crippen molar-refractivity contribution < 1.29 is 52.8 Å². The Morgan fingerprint density at radius 3 is 2.16 bits per heavy atom. The summed E-state index contributed by atoms with van der Waals surface area (Å²) >= 11 is 0. The summed E-state index contributed by atoms with van der Waals surface area (Å²) in [5.41, 5.74) is 4.26. The fraction of sp³-hybridized carbons (Fsp3) is 0.500. The molecule has 3 aromatic rings. The predicted octanol–water partition coefficient (Wildman–Crippen LogP) is 7.91. The molecule has 13 heteroatoms. The Labute approximate surface area is 296 Å². The molecule has 4 atom stereocenters. The van der Waals surface area contributed by atoms with Gasteiger partial charge in [0.2, 0.25) is 11.8 Å². The second-order valence-electron chi connectivity index (χ2n) is 13.4. The third-order valence-electron chi connectivity index (χ3n) is 9.69. The number of carbonyl (C=O) groups is 4. The third kappa shape index (κ3) is 10.8. The second kappa shape index (κ2) is 17.8. The lowest BCUT2D eigenvalue weighted by Crippen LogP contribution is -2.47. The minimum atomic E-state index is -1.83. The van der Waals surface area contributed by atoms with Gasteiger partial charge >= 0.3 is 18.5 Å². The highest BCUT2D eigenvalue weighted by Gasteiger charge is 2.42. The molecule has 13 nitrogen and oxygen atoms in total. The zero-order valence-electron chi connectivity index (χ0n) is 29.0. The average Bonchev–Trinajstić information content (AvgIpc) is 3.40. The van der Waals surface area contributed by atoms with E-state index in [1.807, 2.05) is 25.1 Å². The molecule has 51 heavy (non-hydrogen) atoms. The highest BCUT2D eigenvalue weighted by atomic mass is 16.8. The molecule has 0 bridgehead atoms. The van der Waals surface area contributed by atoms with E-state index in [2.05, 4.69) is 62.4 Å². The molecule has 7 rings (SSSR count). The van der Waals surface area contributed by atoms with E-state index in [1.165, 1.54) is 17.5 Å². The van der Waals surface area contributed by atoms with Crippen molar-refractivity contribution in [2.24, 2.45) is 11.8 Å². The van der Waals surface area contributed by atoms with Crippen LogP contribution in [-0.4, -0.2) is 69.3 Å². The van der Waals surface area contributed by atoms with Gasteiger partial charge in [0.25, 0.3) is 0 Å². The summed E-state index contributed by atoms with van der Waals surface area (Å²) in [5, 5.41) is 13.9. The summed E-state index contributed by atoms with van der Waals surface area (Å²) in [5.74, 6) is 2.51. The van der Waals surface area contributed by atoms with Gasteiger partial charge in [-0.15, -0.1) is 0 Å². The van der Waals surface area contributed by atoms with Crippen molar-refractivity contribution in [1.29, 1.82) is 0 Å². The number of oxazole rings is 1. The monoisotopic (exact) mass is 706 g/mol. The summed E-state index contributed by atoms with van der Waals surface area (Å²) in [4.78, 5) is 49.9. The molecule has 4 aliphatic rings. The second-order valence-corrected chi connectivity index (χ2v) is 13.4. The first-order valence-electron chi connectivity index (χ1n) is 17.5. The fourth-order valence-electron chi connectivity index (χ4n) is 6.61. The van der Waals surface area contributed by atoms with Crippen molar-refractivity contribution in [3.05, 3.63) is 77.2 Å². The Morgan fingerprint density at radius 1 is 0.882 bits per heavy atom. The number of rotatable bonds is 9. The Bertz CT molecular complexity index is 1610. The lowest BCUT2D eigenvalue weighted by Gasteiger charge is -2.41. The topological polar surface area (TPSA) is 175 Å².